The normalized spacial score (nSPS) is 12.2. The number of methoxy groups -OCH3 is 1. The summed E-state index contributed by atoms with van der Waals surface area (Å²) in [6.07, 6.45) is -0.0664. The van der Waals surface area contributed by atoms with Gasteiger partial charge in [0.2, 0.25) is 0 Å². The fourth-order valence-electron chi connectivity index (χ4n) is 1.49. The predicted molar refractivity (Wildman–Crippen MR) is 68.5 cm³/mol. The molecule has 0 N–H and O–H groups in total. The molecule has 0 bridgehead atoms. The van der Waals surface area contributed by atoms with E-state index in [-0.39, 0.29) is 18.3 Å². The summed E-state index contributed by atoms with van der Waals surface area (Å²) in [4.78, 5) is 11.2. The van der Waals surface area contributed by atoms with E-state index in [2.05, 4.69) is 4.74 Å². The van der Waals surface area contributed by atoms with Gasteiger partial charge in [-0.2, -0.15) is 0 Å². The SMILES string of the molecule is CCOCC(C)OCc1ccc(C(=O)OC)c(F)c1. The van der Waals surface area contributed by atoms with Crippen LogP contribution in [0.15, 0.2) is 18.2 Å². The summed E-state index contributed by atoms with van der Waals surface area (Å²) in [7, 11) is 1.22. The van der Waals surface area contributed by atoms with Crippen molar-refractivity contribution in [2.75, 3.05) is 20.3 Å². The van der Waals surface area contributed by atoms with Crippen molar-refractivity contribution in [3.8, 4) is 0 Å². The number of halogens is 1. The topological polar surface area (TPSA) is 44.8 Å². The third-order valence-corrected chi connectivity index (χ3v) is 2.53. The van der Waals surface area contributed by atoms with Crippen LogP contribution in [0.25, 0.3) is 0 Å². The maximum absolute atomic E-state index is 13.6. The van der Waals surface area contributed by atoms with Gasteiger partial charge in [-0.15, -0.1) is 0 Å². The van der Waals surface area contributed by atoms with Crippen molar-refractivity contribution in [1.29, 1.82) is 0 Å². The molecule has 1 aromatic rings. The molecule has 1 aromatic carbocycles. The van der Waals surface area contributed by atoms with Crippen LogP contribution < -0.4 is 0 Å². The number of rotatable bonds is 7. The molecule has 0 heterocycles. The summed E-state index contributed by atoms with van der Waals surface area (Å²) in [5.74, 6) is -1.29. The lowest BCUT2D eigenvalue weighted by Gasteiger charge is -2.13. The Kier molecular flexibility index (Phi) is 6.45. The Morgan fingerprint density at radius 2 is 2.16 bits per heavy atom. The number of esters is 1. The average molecular weight is 270 g/mol. The van der Waals surface area contributed by atoms with E-state index in [9.17, 15) is 9.18 Å². The van der Waals surface area contributed by atoms with Gasteiger partial charge in [-0.05, 0) is 31.5 Å². The van der Waals surface area contributed by atoms with Gasteiger partial charge in [0.1, 0.15) is 5.82 Å². The summed E-state index contributed by atoms with van der Waals surface area (Å²) in [5, 5.41) is 0. The van der Waals surface area contributed by atoms with Gasteiger partial charge in [0.25, 0.3) is 0 Å². The molecule has 0 radical (unpaired) electrons. The Bertz CT molecular complexity index is 420. The lowest BCUT2D eigenvalue weighted by atomic mass is 10.1. The van der Waals surface area contributed by atoms with Crippen molar-refractivity contribution in [2.24, 2.45) is 0 Å². The summed E-state index contributed by atoms with van der Waals surface area (Å²) in [5.41, 5.74) is 0.585. The zero-order valence-electron chi connectivity index (χ0n) is 11.4. The van der Waals surface area contributed by atoms with E-state index in [1.54, 1.807) is 6.07 Å². The van der Waals surface area contributed by atoms with Crippen molar-refractivity contribution < 1.29 is 23.4 Å². The molecule has 1 unspecified atom stereocenters. The van der Waals surface area contributed by atoms with Gasteiger partial charge in [0.15, 0.2) is 0 Å². The molecule has 0 saturated heterocycles. The fourth-order valence-corrected chi connectivity index (χ4v) is 1.49. The van der Waals surface area contributed by atoms with Crippen LogP contribution in [-0.4, -0.2) is 32.4 Å². The monoisotopic (exact) mass is 270 g/mol. The van der Waals surface area contributed by atoms with Gasteiger partial charge in [-0.3, -0.25) is 0 Å². The van der Waals surface area contributed by atoms with E-state index in [1.165, 1.54) is 19.2 Å². The number of carbonyl (C=O) groups excluding carboxylic acids is 1. The molecule has 0 aliphatic rings. The molecule has 1 rings (SSSR count). The number of hydrogen-bond acceptors (Lipinski definition) is 4. The molecule has 106 valence electrons. The van der Waals surface area contributed by atoms with Gasteiger partial charge in [-0.25, -0.2) is 9.18 Å². The summed E-state index contributed by atoms with van der Waals surface area (Å²) >= 11 is 0. The molecule has 0 aromatic heterocycles. The highest BCUT2D eigenvalue weighted by atomic mass is 19.1. The van der Waals surface area contributed by atoms with Crippen molar-refractivity contribution >= 4 is 5.97 Å². The quantitative estimate of drug-likeness (QED) is 0.714. The standard InChI is InChI=1S/C14H19FO4/c1-4-18-8-10(2)19-9-11-5-6-12(13(15)7-11)14(16)17-3/h5-7,10H,4,8-9H2,1-3H3. The highest BCUT2D eigenvalue weighted by Crippen LogP contribution is 2.13. The maximum atomic E-state index is 13.6. The second-order valence-electron chi connectivity index (χ2n) is 4.09. The molecular formula is C14H19FO4. The van der Waals surface area contributed by atoms with Crippen LogP contribution in [0.4, 0.5) is 4.39 Å². The predicted octanol–water partition coefficient (Wildman–Crippen LogP) is 2.55. The molecule has 0 aliphatic heterocycles. The van der Waals surface area contributed by atoms with Gasteiger partial charge >= 0.3 is 5.97 Å². The van der Waals surface area contributed by atoms with Crippen LogP contribution in [0, 0.1) is 5.82 Å². The third kappa shape index (κ3) is 4.96. The highest BCUT2D eigenvalue weighted by Gasteiger charge is 2.12. The van der Waals surface area contributed by atoms with Crippen LogP contribution in [0.3, 0.4) is 0 Å². The van der Waals surface area contributed by atoms with Crippen LogP contribution in [0.2, 0.25) is 0 Å². The average Bonchev–Trinajstić information content (AvgIpc) is 2.42. The van der Waals surface area contributed by atoms with E-state index in [0.717, 1.165) is 0 Å². The van der Waals surface area contributed by atoms with Crippen LogP contribution >= 0.6 is 0 Å². The molecule has 0 aliphatic carbocycles. The first-order valence-corrected chi connectivity index (χ1v) is 6.14. The minimum Gasteiger partial charge on any atom is -0.465 e. The number of ether oxygens (including phenoxy) is 3. The molecule has 0 spiro atoms. The van der Waals surface area contributed by atoms with Gasteiger partial charge in [0, 0.05) is 6.61 Å². The Morgan fingerprint density at radius 1 is 1.42 bits per heavy atom. The van der Waals surface area contributed by atoms with Gasteiger partial charge in [-0.1, -0.05) is 6.07 Å². The molecule has 4 nitrogen and oxygen atoms in total. The van der Waals surface area contributed by atoms with E-state index in [1.807, 2.05) is 13.8 Å². The van der Waals surface area contributed by atoms with Crippen molar-refractivity contribution in [3.05, 3.63) is 35.1 Å². The zero-order chi connectivity index (χ0) is 14.3. The summed E-state index contributed by atoms with van der Waals surface area (Å²) < 4.78 is 28.8. The van der Waals surface area contributed by atoms with E-state index >= 15 is 0 Å². The number of carbonyl (C=O) groups is 1. The second-order valence-corrected chi connectivity index (χ2v) is 4.09. The van der Waals surface area contributed by atoms with Crippen molar-refractivity contribution in [2.45, 2.75) is 26.6 Å². The van der Waals surface area contributed by atoms with Crippen molar-refractivity contribution in [3.63, 3.8) is 0 Å². The first-order valence-electron chi connectivity index (χ1n) is 6.14. The van der Waals surface area contributed by atoms with Crippen molar-refractivity contribution in [1.82, 2.24) is 0 Å². The lowest BCUT2D eigenvalue weighted by molar-refractivity contribution is -0.0117. The zero-order valence-corrected chi connectivity index (χ0v) is 11.4. The fraction of sp³-hybridized carbons (Fsp3) is 0.500. The second kappa shape index (κ2) is 7.86. The molecule has 0 fully saturated rings. The summed E-state index contributed by atoms with van der Waals surface area (Å²) in [6, 6.07) is 4.31. The molecule has 1 atom stereocenters. The minimum absolute atomic E-state index is 0.0664. The van der Waals surface area contributed by atoms with E-state index in [4.69, 9.17) is 9.47 Å². The van der Waals surface area contributed by atoms with E-state index in [0.29, 0.717) is 18.8 Å². The van der Waals surface area contributed by atoms with Crippen LogP contribution in [0.5, 0.6) is 0 Å². The van der Waals surface area contributed by atoms with Crippen LogP contribution in [-0.2, 0) is 20.8 Å². The lowest BCUT2D eigenvalue weighted by Crippen LogP contribution is -2.16. The molecular weight excluding hydrogens is 251 g/mol. The molecule has 19 heavy (non-hydrogen) atoms. The minimum atomic E-state index is -0.685. The first-order chi connectivity index (χ1) is 9.08. The molecule has 0 amide bonds. The van der Waals surface area contributed by atoms with Crippen LogP contribution in [0.1, 0.15) is 29.8 Å². The third-order valence-electron chi connectivity index (χ3n) is 2.53. The smallest absolute Gasteiger partial charge is 0.340 e. The van der Waals surface area contributed by atoms with Gasteiger partial charge in [0.05, 0.1) is 32.0 Å². The Balaban J connectivity index is 2.56. The highest BCUT2D eigenvalue weighted by molar-refractivity contribution is 5.89. The van der Waals surface area contributed by atoms with E-state index < -0.39 is 11.8 Å². The Morgan fingerprint density at radius 3 is 2.74 bits per heavy atom. The maximum Gasteiger partial charge on any atom is 0.340 e. The first kappa shape index (κ1) is 15.6. The molecule has 0 saturated carbocycles. The Labute approximate surface area is 112 Å². The molecule has 5 heteroatoms. The Hall–Kier alpha value is -1.46. The summed E-state index contributed by atoms with van der Waals surface area (Å²) in [6.45, 7) is 5.20. The number of benzene rings is 1. The largest absolute Gasteiger partial charge is 0.465 e. The number of hydrogen-bond donors (Lipinski definition) is 0. The van der Waals surface area contributed by atoms with Gasteiger partial charge < -0.3 is 14.2 Å².